The molecule has 2 aromatic heterocycles. The van der Waals surface area contributed by atoms with Gasteiger partial charge < -0.3 is 19.6 Å². The number of hydrogen-bond acceptors (Lipinski definition) is 6. The normalized spacial score (nSPS) is 10.7. The van der Waals surface area contributed by atoms with Gasteiger partial charge in [0.25, 0.3) is 0 Å². The maximum absolute atomic E-state index is 13.5. The Balaban J connectivity index is 1.44. The molecule has 0 fully saturated rings. The summed E-state index contributed by atoms with van der Waals surface area (Å²) in [4.78, 5) is 27.6. The van der Waals surface area contributed by atoms with Gasteiger partial charge in [0.2, 0.25) is 23.5 Å². The summed E-state index contributed by atoms with van der Waals surface area (Å²) < 4.78 is 49.6. The zero-order valence-electron chi connectivity index (χ0n) is 14.2. The third kappa shape index (κ3) is 4.55. The van der Waals surface area contributed by atoms with Gasteiger partial charge in [0.15, 0.2) is 23.2 Å². The molecule has 0 saturated carbocycles. The van der Waals surface area contributed by atoms with Crippen molar-refractivity contribution in [2.24, 2.45) is 0 Å². The van der Waals surface area contributed by atoms with Crippen LogP contribution in [0.25, 0.3) is 11.6 Å². The van der Waals surface area contributed by atoms with Crippen molar-refractivity contribution in [1.29, 1.82) is 0 Å². The van der Waals surface area contributed by atoms with Gasteiger partial charge in [-0.3, -0.25) is 9.59 Å². The second-order valence-electron chi connectivity index (χ2n) is 5.54. The number of hydrogen-bond donors (Lipinski definition) is 2. The molecule has 0 unspecified atom stereocenters. The van der Waals surface area contributed by atoms with Crippen LogP contribution in [0.15, 0.2) is 39.5 Å². The lowest BCUT2D eigenvalue weighted by atomic mass is 10.2. The molecule has 0 saturated heterocycles. The van der Waals surface area contributed by atoms with Gasteiger partial charge in [0.1, 0.15) is 0 Å². The Labute approximate surface area is 155 Å². The number of nitrogens with zero attached hydrogens (tertiary/aromatic N) is 2. The van der Waals surface area contributed by atoms with Gasteiger partial charge in [-0.25, -0.2) is 13.2 Å². The Kier molecular flexibility index (Phi) is 5.72. The summed E-state index contributed by atoms with van der Waals surface area (Å²) in [5.41, 5.74) is -0.533. The lowest BCUT2D eigenvalue weighted by molar-refractivity contribution is -0.124. The van der Waals surface area contributed by atoms with E-state index in [9.17, 15) is 22.8 Å². The number of carbonyl (C=O) groups is 2. The van der Waals surface area contributed by atoms with Crippen LogP contribution in [0.4, 0.5) is 18.9 Å². The third-order valence-electron chi connectivity index (χ3n) is 3.53. The molecule has 146 valence electrons. The zero-order chi connectivity index (χ0) is 20.1. The fraction of sp³-hybridized carbons (Fsp3) is 0.176. The van der Waals surface area contributed by atoms with Crippen molar-refractivity contribution < 1.29 is 31.7 Å². The summed E-state index contributed by atoms with van der Waals surface area (Å²) in [7, 11) is 0. The minimum absolute atomic E-state index is 0.0490. The SMILES string of the molecule is O=C(CCc1nc(-c2ccco2)no1)NCC(=O)Nc1ccc(F)c(F)c1F. The van der Waals surface area contributed by atoms with E-state index in [2.05, 4.69) is 15.5 Å². The van der Waals surface area contributed by atoms with Crippen LogP contribution in [0.5, 0.6) is 0 Å². The first-order valence-electron chi connectivity index (χ1n) is 8.00. The molecule has 8 nitrogen and oxygen atoms in total. The van der Waals surface area contributed by atoms with Crippen LogP contribution in [-0.4, -0.2) is 28.5 Å². The van der Waals surface area contributed by atoms with E-state index in [1.165, 1.54) is 6.26 Å². The number of carbonyl (C=O) groups excluding carboxylic acids is 2. The highest BCUT2D eigenvalue weighted by Gasteiger charge is 2.16. The van der Waals surface area contributed by atoms with Crippen LogP contribution in [0.3, 0.4) is 0 Å². The van der Waals surface area contributed by atoms with Crippen molar-refractivity contribution in [2.45, 2.75) is 12.8 Å². The molecule has 2 heterocycles. The monoisotopic (exact) mass is 394 g/mol. The molecular weight excluding hydrogens is 381 g/mol. The zero-order valence-corrected chi connectivity index (χ0v) is 14.2. The largest absolute Gasteiger partial charge is 0.461 e. The summed E-state index contributed by atoms with van der Waals surface area (Å²) >= 11 is 0. The van der Waals surface area contributed by atoms with Gasteiger partial charge in [-0.1, -0.05) is 5.16 Å². The van der Waals surface area contributed by atoms with E-state index in [0.717, 1.165) is 6.07 Å². The highest BCUT2D eigenvalue weighted by molar-refractivity contribution is 5.94. The molecule has 2 amide bonds. The van der Waals surface area contributed by atoms with Crippen LogP contribution >= 0.6 is 0 Å². The fourth-order valence-corrected chi connectivity index (χ4v) is 2.17. The van der Waals surface area contributed by atoms with Crippen LogP contribution in [0.2, 0.25) is 0 Å². The van der Waals surface area contributed by atoms with E-state index < -0.39 is 41.5 Å². The first kappa shape index (κ1) is 19.1. The molecule has 0 aliphatic carbocycles. The lowest BCUT2D eigenvalue weighted by Gasteiger charge is -2.08. The second-order valence-corrected chi connectivity index (χ2v) is 5.54. The van der Waals surface area contributed by atoms with Crippen LogP contribution in [-0.2, 0) is 16.0 Å². The van der Waals surface area contributed by atoms with Gasteiger partial charge in [-0.15, -0.1) is 0 Å². The first-order valence-corrected chi connectivity index (χ1v) is 8.00. The van der Waals surface area contributed by atoms with E-state index in [0.29, 0.717) is 11.8 Å². The summed E-state index contributed by atoms with van der Waals surface area (Å²) in [6.45, 7) is -0.487. The maximum Gasteiger partial charge on any atom is 0.243 e. The molecule has 0 spiro atoms. The van der Waals surface area contributed by atoms with Crippen LogP contribution in [0.1, 0.15) is 12.3 Å². The number of anilines is 1. The number of halogens is 3. The summed E-state index contributed by atoms with van der Waals surface area (Å²) in [5.74, 6) is -5.04. The maximum atomic E-state index is 13.5. The van der Waals surface area contributed by atoms with Crippen molar-refractivity contribution in [1.82, 2.24) is 15.5 Å². The molecule has 1 aromatic carbocycles. The summed E-state index contributed by atoms with van der Waals surface area (Å²) in [5, 5.41) is 8.05. The van der Waals surface area contributed by atoms with Gasteiger partial charge in [0, 0.05) is 12.8 Å². The summed E-state index contributed by atoms with van der Waals surface area (Å²) in [6.07, 6.45) is 1.53. The van der Waals surface area contributed by atoms with Crippen LogP contribution in [0, 0.1) is 17.5 Å². The molecule has 3 aromatic rings. The minimum Gasteiger partial charge on any atom is -0.461 e. The summed E-state index contributed by atoms with van der Waals surface area (Å²) in [6, 6.07) is 4.86. The predicted molar refractivity (Wildman–Crippen MR) is 88.3 cm³/mol. The fourth-order valence-electron chi connectivity index (χ4n) is 2.17. The molecule has 2 N–H and O–H groups in total. The van der Waals surface area contributed by atoms with Gasteiger partial charge >= 0.3 is 0 Å². The number of furan rings is 1. The molecule has 0 aliphatic rings. The molecule has 3 rings (SSSR count). The van der Waals surface area contributed by atoms with Crippen molar-refractivity contribution >= 4 is 17.5 Å². The average molecular weight is 394 g/mol. The Morgan fingerprint density at radius 2 is 1.89 bits per heavy atom. The van der Waals surface area contributed by atoms with E-state index in [-0.39, 0.29) is 24.6 Å². The highest BCUT2D eigenvalue weighted by Crippen LogP contribution is 2.19. The van der Waals surface area contributed by atoms with Gasteiger partial charge in [0.05, 0.1) is 18.5 Å². The number of amides is 2. The third-order valence-corrected chi connectivity index (χ3v) is 3.53. The van der Waals surface area contributed by atoms with Gasteiger partial charge in [-0.2, -0.15) is 4.98 Å². The molecule has 0 radical (unpaired) electrons. The van der Waals surface area contributed by atoms with Gasteiger partial charge in [-0.05, 0) is 24.3 Å². The minimum atomic E-state index is -1.70. The molecule has 11 heteroatoms. The van der Waals surface area contributed by atoms with E-state index in [1.807, 2.05) is 5.32 Å². The van der Waals surface area contributed by atoms with Crippen molar-refractivity contribution in [2.75, 3.05) is 11.9 Å². The Hall–Kier alpha value is -3.63. The Bertz CT molecular complexity index is 988. The average Bonchev–Trinajstić information content (AvgIpc) is 3.36. The smallest absolute Gasteiger partial charge is 0.243 e. The molecular formula is C17H13F3N4O4. The Morgan fingerprint density at radius 3 is 2.64 bits per heavy atom. The van der Waals surface area contributed by atoms with Crippen molar-refractivity contribution in [3.05, 3.63) is 53.9 Å². The topological polar surface area (TPSA) is 110 Å². The number of aromatic nitrogens is 2. The molecule has 28 heavy (non-hydrogen) atoms. The van der Waals surface area contributed by atoms with Crippen molar-refractivity contribution in [3.8, 4) is 11.6 Å². The van der Waals surface area contributed by atoms with E-state index >= 15 is 0 Å². The lowest BCUT2D eigenvalue weighted by Crippen LogP contribution is -2.33. The number of aryl methyl sites for hydroxylation is 1. The highest BCUT2D eigenvalue weighted by atomic mass is 19.2. The van der Waals surface area contributed by atoms with Crippen molar-refractivity contribution in [3.63, 3.8) is 0 Å². The number of rotatable bonds is 7. The number of benzene rings is 1. The van der Waals surface area contributed by atoms with E-state index in [4.69, 9.17) is 8.94 Å². The first-order chi connectivity index (χ1) is 13.4. The Morgan fingerprint density at radius 1 is 1.07 bits per heavy atom. The van der Waals surface area contributed by atoms with Crippen LogP contribution < -0.4 is 10.6 Å². The van der Waals surface area contributed by atoms with E-state index in [1.54, 1.807) is 12.1 Å². The molecule has 0 aliphatic heterocycles. The molecule has 0 atom stereocenters. The second kappa shape index (κ2) is 8.37. The quantitative estimate of drug-likeness (QED) is 0.596. The number of nitrogens with one attached hydrogen (secondary N) is 2. The molecule has 0 bridgehead atoms. The predicted octanol–water partition coefficient (Wildman–Crippen LogP) is 2.43. The standard InChI is InChI=1S/C17H13F3N4O4/c18-9-3-4-10(16(20)15(9)19)22-13(26)8-21-12(25)5-6-14-23-17(24-28-14)11-2-1-7-27-11/h1-4,7H,5-6,8H2,(H,21,25)(H,22,26).